The zero-order chi connectivity index (χ0) is 38.5. The number of anilines is 1. The van der Waals surface area contributed by atoms with Gasteiger partial charge in [-0.05, 0) is 101 Å². The van der Waals surface area contributed by atoms with Crippen LogP contribution in [0.4, 0.5) is 5.69 Å². The molecule has 2 atom stereocenters. The maximum atomic E-state index is 15.3. The van der Waals surface area contributed by atoms with Gasteiger partial charge in [-0.1, -0.05) is 29.8 Å². The third-order valence-electron chi connectivity index (χ3n) is 11.2. The van der Waals surface area contributed by atoms with E-state index < -0.39 is 0 Å². The van der Waals surface area contributed by atoms with Crippen LogP contribution >= 0.6 is 11.6 Å². The Bertz CT molecular complexity index is 2550. The first kappa shape index (κ1) is 36.5. The molecule has 4 aromatic heterocycles. The third kappa shape index (κ3) is 6.37. The van der Waals surface area contributed by atoms with E-state index >= 15 is 4.79 Å². The Morgan fingerprint density at radius 3 is 2.40 bits per heavy atom. The van der Waals surface area contributed by atoms with Crippen LogP contribution in [-0.2, 0) is 18.3 Å². The van der Waals surface area contributed by atoms with Crippen molar-refractivity contribution in [3.63, 3.8) is 0 Å². The van der Waals surface area contributed by atoms with E-state index in [1.807, 2.05) is 54.7 Å². The summed E-state index contributed by atoms with van der Waals surface area (Å²) in [5.41, 5.74) is 10.7. The highest BCUT2D eigenvalue weighted by molar-refractivity contribution is 6.32. The number of aromatic nitrogens is 6. The largest absolute Gasteiger partial charge is 0.494 e. The summed E-state index contributed by atoms with van der Waals surface area (Å²) in [7, 11) is 3.69. The molecule has 10 nitrogen and oxygen atoms in total. The van der Waals surface area contributed by atoms with Gasteiger partial charge in [-0.3, -0.25) is 14.4 Å². The van der Waals surface area contributed by atoms with E-state index in [0.717, 1.165) is 83.9 Å². The zero-order valence-electron chi connectivity index (χ0n) is 32.4. The molecule has 0 fully saturated rings. The molecule has 7 aromatic rings. The molecule has 0 N–H and O–H groups in total. The predicted octanol–water partition coefficient (Wildman–Crippen LogP) is 9.44. The fourth-order valence-electron chi connectivity index (χ4n) is 8.46. The highest BCUT2D eigenvalue weighted by Crippen LogP contribution is 2.44. The Morgan fingerprint density at radius 1 is 0.927 bits per heavy atom. The van der Waals surface area contributed by atoms with Gasteiger partial charge >= 0.3 is 0 Å². The van der Waals surface area contributed by atoms with E-state index in [1.54, 1.807) is 19.5 Å². The number of hydrogen-bond acceptors (Lipinski definition) is 6. The lowest BCUT2D eigenvalue weighted by Crippen LogP contribution is -2.50. The maximum Gasteiger partial charge on any atom is 0.275 e. The van der Waals surface area contributed by atoms with Gasteiger partial charge in [0.25, 0.3) is 5.91 Å². The molecule has 0 saturated heterocycles. The SMILES string of the molecule is COCCn1cc(N2C(=O)c3cc4cccc(-c5c(C)nn(C)c5C)c4n3C(C)C2CCCOc2cc(C)c(Cl)c(C)c2)c2cc(-c3ncccn3)ccc21. The van der Waals surface area contributed by atoms with Gasteiger partial charge in [-0.15, -0.1) is 0 Å². The Kier molecular flexibility index (Phi) is 9.73. The number of fused-ring (bicyclic) bond motifs is 4. The van der Waals surface area contributed by atoms with Crippen LogP contribution in [0.25, 0.3) is 44.3 Å². The topological polar surface area (TPSA) is 92.2 Å². The standard InChI is InChI=1S/C44H46ClN7O3/c1-26-21-33(22-27(2)41(26)45)55-19-9-13-36-29(4)51-38(24-31-11-8-12-34(42(31)51)40-28(3)48-49(6)30(40)5)44(53)52(36)39-25-50(18-20-54-7)37-15-14-32(23-35(37)39)43-46-16-10-17-47-43/h8,10-12,14-17,21-25,29,36H,9,13,18-20H2,1-7H3. The molecule has 0 spiro atoms. The molecule has 282 valence electrons. The van der Waals surface area contributed by atoms with Crippen LogP contribution in [0.2, 0.25) is 5.02 Å². The number of hydrogen-bond donors (Lipinski definition) is 0. The van der Waals surface area contributed by atoms with Gasteiger partial charge in [-0.2, -0.15) is 5.10 Å². The van der Waals surface area contributed by atoms with Crippen molar-refractivity contribution >= 4 is 45.0 Å². The minimum absolute atomic E-state index is 0.0399. The maximum absolute atomic E-state index is 15.3. The number of methoxy groups -OCH3 is 1. The Hall–Kier alpha value is -5.45. The number of halogens is 1. The van der Waals surface area contributed by atoms with Crippen LogP contribution < -0.4 is 9.64 Å². The molecule has 55 heavy (non-hydrogen) atoms. The molecule has 0 saturated carbocycles. The van der Waals surface area contributed by atoms with Gasteiger partial charge < -0.3 is 18.6 Å². The number of carbonyl (C=O) groups excluding carboxylic acids is 1. The van der Waals surface area contributed by atoms with Crippen molar-refractivity contribution in [3.8, 4) is 28.3 Å². The molecular weight excluding hydrogens is 710 g/mol. The van der Waals surface area contributed by atoms with Gasteiger partial charge in [0.2, 0.25) is 0 Å². The molecule has 1 amide bonds. The van der Waals surface area contributed by atoms with Crippen LogP contribution in [0.3, 0.4) is 0 Å². The van der Waals surface area contributed by atoms with Crippen LogP contribution in [-0.4, -0.2) is 61.2 Å². The van der Waals surface area contributed by atoms with Gasteiger partial charge in [0.1, 0.15) is 11.4 Å². The Balaban J connectivity index is 1.27. The molecule has 3 aromatic carbocycles. The second kappa shape index (κ2) is 14.7. The second-order valence-corrected chi connectivity index (χ2v) is 15.0. The molecule has 0 aliphatic carbocycles. The fraction of sp³-hybridized carbons (Fsp3) is 0.318. The van der Waals surface area contributed by atoms with E-state index in [9.17, 15) is 0 Å². The number of rotatable bonds is 11. The van der Waals surface area contributed by atoms with E-state index in [-0.39, 0.29) is 18.0 Å². The van der Waals surface area contributed by atoms with E-state index in [4.69, 9.17) is 26.2 Å². The van der Waals surface area contributed by atoms with Crippen LogP contribution in [0, 0.1) is 27.7 Å². The van der Waals surface area contributed by atoms with Crippen molar-refractivity contribution in [2.75, 3.05) is 25.2 Å². The van der Waals surface area contributed by atoms with Crippen molar-refractivity contribution in [1.29, 1.82) is 0 Å². The zero-order valence-corrected chi connectivity index (χ0v) is 33.2. The van der Waals surface area contributed by atoms with Crippen molar-refractivity contribution in [2.24, 2.45) is 7.05 Å². The molecule has 0 bridgehead atoms. The monoisotopic (exact) mass is 755 g/mol. The van der Waals surface area contributed by atoms with Crippen LogP contribution in [0.5, 0.6) is 5.75 Å². The molecule has 8 rings (SSSR count). The van der Waals surface area contributed by atoms with E-state index in [0.29, 0.717) is 37.7 Å². The first-order chi connectivity index (χ1) is 26.6. The van der Waals surface area contributed by atoms with Gasteiger partial charge in [0.05, 0.1) is 47.7 Å². The quantitative estimate of drug-likeness (QED) is 0.122. The Labute approximate surface area is 326 Å². The lowest BCUT2D eigenvalue weighted by atomic mass is 9.96. The highest BCUT2D eigenvalue weighted by atomic mass is 35.5. The van der Waals surface area contributed by atoms with Crippen molar-refractivity contribution in [1.82, 2.24) is 28.9 Å². The number of carbonyl (C=O) groups is 1. The van der Waals surface area contributed by atoms with Gasteiger partial charge in [0.15, 0.2) is 5.82 Å². The number of para-hydroxylation sites is 1. The average molecular weight is 756 g/mol. The summed E-state index contributed by atoms with van der Waals surface area (Å²) < 4.78 is 18.2. The van der Waals surface area contributed by atoms with E-state index in [2.05, 4.69) is 82.5 Å². The first-order valence-electron chi connectivity index (χ1n) is 18.8. The molecule has 11 heteroatoms. The molecule has 5 heterocycles. The average Bonchev–Trinajstić information content (AvgIpc) is 3.83. The predicted molar refractivity (Wildman–Crippen MR) is 219 cm³/mol. The number of nitrogens with zero attached hydrogens (tertiary/aromatic N) is 7. The molecular formula is C44H46ClN7O3. The van der Waals surface area contributed by atoms with E-state index in [1.165, 1.54) is 0 Å². The number of benzene rings is 3. The number of amides is 1. The minimum Gasteiger partial charge on any atom is -0.494 e. The van der Waals surface area contributed by atoms with Crippen LogP contribution in [0.15, 0.2) is 79.3 Å². The summed E-state index contributed by atoms with van der Waals surface area (Å²) >= 11 is 6.46. The lowest BCUT2D eigenvalue weighted by Gasteiger charge is -2.41. The van der Waals surface area contributed by atoms with Gasteiger partial charge in [0, 0.05) is 77.5 Å². The van der Waals surface area contributed by atoms with Crippen LogP contribution in [0.1, 0.15) is 58.8 Å². The van der Waals surface area contributed by atoms with Crippen molar-refractivity contribution < 1.29 is 14.3 Å². The second-order valence-electron chi connectivity index (χ2n) is 14.7. The summed E-state index contributed by atoms with van der Waals surface area (Å²) in [6.45, 7) is 12.1. The van der Waals surface area contributed by atoms with Crippen molar-refractivity contribution in [3.05, 3.63) is 112 Å². The lowest BCUT2D eigenvalue weighted by molar-refractivity contribution is 0.0931. The first-order valence-corrected chi connectivity index (χ1v) is 19.2. The summed E-state index contributed by atoms with van der Waals surface area (Å²) in [4.78, 5) is 26.4. The number of aryl methyl sites for hydroxylation is 4. The highest BCUT2D eigenvalue weighted by Gasteiger charge is 2.41. The fourth-order valence-corrected chi connectivity index (χ4v) is 8.57. The summed E-state index contributed by atoms with van der Waals surface area (Å²) in [5, 5.41) is 7.50. The smallest absolute Gasteiger partial charge is 0.275 e. The molecule has 1 aliphatic rings. The Morgan fingerprint density at radius 2 is 1.69 bits per heavy atom. The van der Waals surface area contributed by atoms with Gasteiger partial charge in [-0.25, -0.2) is 9.97 Å². The normalized spacial score (nSPS) is 15.7. The molecule has 0 radical (unpaired) electrons. The summed E-state index contributed by atoms with van der Waals surface area (Å²) in [6, 6.07) is 20.2. The molecule has 1 aliphatic heterocycles. The summed E-state index contributed by atoms with van der Waals surface area (Å²) in [5.74, 6) is 1.39. The molecule has 2 unspecified atom stereocenters. The van der Waals surface area contributed by atoms with Crippen molar-refractivity contribution in [2.45, 2.75) is 66.1 Å². The summed E-state index contributed by atoms with van der Waals surface area (Å²) in [6.07, 6.45) is 7.04. The third-order valence-corrected chi connectivity index (χ3v) is 11.8. The minimum atomic E-state index is -0.199. The number of ether oxygens (including phenoxy) is 2.